The van der Waals surface area contributed by atoms with Crippen LogP contribution in [0.3, 0.4) is 0 Å². The maximum Gasteiger partial charge on any atom is 0.213 e. The maximum absolute atomic E-state index is 5.91. The number of nitrogens with one attached hydrogen (secondary N) is 1. The third-order valence-electron chi connectivity index (χ3n) is 4.18. The van der Waals surface area contributed by atoms with E-state index < -0.39 is 0 Å². The highest BCUT2D eigenvalue weighted by Gasteiger charge is 2.17. The fourth-order valence-electron chi connectivity index (χ4n) is 2.70. The van der Waals surface area contributed by atoms with E-state index in [1.165, 1.54) is 31.2 Å². The fourth-order valence-corrected chi connectivity index (χ4v) is 2.70. The first-order chi connectivity index (χ1) is 10.3. The minimum Gasteiger partial charge on any atom is -0.478 e. The van der Waals surface area contributed by atoms with Gasteiger partial charge in [0.2, 0.25) is 5.88 Å². The molecule has 0 atom stereocenters. The van der Waals surface area contributed by atoms with Crippen molar-refractivity contribution in [3.8, 4) is 5.88 Å². The van der Waals surface area contributed by atoms with Gasteiger partial charge in [-0.3, -0.25) is 0 Å². The summed E-state index contributed by atoms with van der Waals surface area (Å²) >= 11 is 0. The van der Waals surface area contributed by atoms with E-state index in [-0.39, 0.29) is 0 Å². The third kappa shape index (κ3) is 5.66. The maximum atomic E-state index is 5.91. The van der Waals surface area contributed by atoms with Gasteiger partial charge in [0.05, 0.1) is 6.61 Å². The summed E-state index contributed by atoms with van der Waals surface area (Å²) in [5.41, 5.74) is 2.45. The predicted molar refractivity (Wildman–Crippen MR) is 87.7 cm³/mol. The average Bonchev–Trinajstić information content (AvgIpc) is 2.42. The van der Waals surface area contributed by atoms with E-state index in [1.54, 1.807) is 0 Å². The number of hydrogen-bond donors (Lipinski definition) is 1. The smallest absolute Gasteiger partial charge is 0.213 e. The third-order valence-corrected chi connectivity index (χ3v) is 4.18. The molecule has 3 nitrogen and oxygen atoms in total. The van der Waals surface area contributed by atoms with E-state index in [0.717, 1.165) is 56.5 Å². The topological polar surface area (TPSA) is 34.2 Å². The van der Waals surface area contributed by atoms with Crippen LogP contribution in [0.2, 0.25) is 0 Å². The van der Waals surface area contributed by atoms with Crippen LogP contribution in [0.4, 0.5) is 0 Å². The highest BCUT2D eigenvalue weighted by Crippen LogP contribution is 2.29. The summed E-state index contributed by atoms with van der Waals surface area (Å²) in [7, 11) is 0. The van der Waals surface area contributed by atoms with E-state index in [0.29, 0.717) is 0 Å². The lowest BCUT2D eigenvalue weighted by atomic mass is 9.83. The molecule has 3 heteroatoms. The first kappa shape index (κ1) is 16.3. The first-order valence-corrected chi connectivity index (χ1v) is 8.65. The molecule has 0 amide bonds. The number of rotatable bonds is 10. The van der Waals surface area contributed by atoms with E-state index in [4.69, 9.17) is 4.74 Å². The van der Waals surface area contributed by atoms with E-state index in [2.05, 4.69) is 36.3 Å². The summed E-state index contributed by atoms with van der Waals surface area (Å²) < 4.78 is 5.91. The molecular weight excluding hydrogens is 260 g/mol. The Morgan fingerprint density at radius 3 is 2.76 bits per heavy atom. The molecule has 1 aromatic rings. The van der Waals surface area contributed by atoms with Crippen molar-refractivity contribution in [2.75, 3.05) is 13.2 Å². The molecule has 118 valence electrons. The molecule has 0 aliphatic heterocycles. The Balaban J connectivity index is 1.89. The number of hydrogen-bond acceptors (Lipinski definition) is 3. The lowest BCUT2D eigenvalue weighted by Crippen LogP contribution is -2.16. The fraction of sp³-hybridized carbons (Fsp3) is 0.722. The van der Waals surface area contributed by atoms with Crippen LogP contribution in [-0.2, 0) is 13.0 Å². The number of pyridine rings is 1. The first-order valence-electron chi connectivity index (χ1n) is 8.65. The van der Waals surface area contributed by atoms with Crippen LogP contribution in [0.5, 0.6) is 5.88 Å². The van der Waals surface area contributed by atoms with Crippen LogP contribution in [0.15, 0.2) is 12.1 Å². The molecule has 1 aromatic heterocycles. The largest absolute Gasteiger partial charge is 0.478 e. The monoisotopic (exact) mass is 290 g/mol. The Kier molecular flexibility index (Phi) is 7.01. The highest BCUT2D eigenvalue weighted by molar-refractivity contribution is 5.25. The second kappa shape index (κ2) is 9.04. The van der Waals surface area contributed by atoms with Crippen molar-refractivity contribution in [1.29, 1.82) is 0 Å². The highest BCUT2D eigenvalue weighted by atomic mass is 16.5. The standard InChI is InChI=1S/C18H30N2O/c1-3-6-17-12-16(14-19-10-4-2)13-18(20-17)21-11-9-15-7-5-8-15/h12-13,15,19H,3-11,14H2,1-2H3. The van der Waals surface area contributed by atoms with Crippen molar-refractivity contribution in [2.24, 2.45) is 5.92 Å². The molecule has 0 radical (unpaired) electrons. The van der Waals surface area contributed by atoms with Gasteiger partial charge in [-0.2, -0.15) is 0 Å². The van der Waals surface area contributed by atoms with Gasteiger partial charge in [0, 0.05) is 18.3 Å². The molecule has 1 heterocycles. The summed E-state index contributed by atoms with van der Waals surface area (Å²) in [6.45, 7) is 7.17. The molecular formula is C18H30N2O. The number of aromatic nitrogens is 1. The van der Waals surface area contributed by atoms with Gasteiger partial charge in [0.1, 0.15) is 0 Å². The van der Waals surface area contributed by atoms with Gasteiger partial charge in [-0.15, -0.1) is 0 Å². The van der Waals surface area contributed by atoms with Gasteiger partial charge >= 0.3 is 0 Å². The van der Waals surface area contributed by atoms with E-state index in [1.807, 2.05) is 0 Å². The summed E-state index contributed by atoms with van der Waals surface area (Å²) in [6.07, 6.45) is 8.68. The van der Waals surface area contributed by atoms with Gasteiger partial charge in [0.25, 0.3) is 0 Å². The molecule has 1 saturated carbocycles. The Labute approximate surface area is 129 Å². The molecule has 1 fully saturated rings. The van der Waals surface area contributed by atoms with Crippen molar-refractivity contribution < 1.29 is 4.74 Å². The Morgan fingerprint density at radius 2 is 2.10 bits per heavy atom. The zero-order chi connectivity index (χ0) is 14.9. The molecule has 0 aromatic carbocycles. The van der Waals surface area contributed by atoms with Crippen LogP contribution >= 0.6 is 0 Å². The summed E-state index contributed by atoms with van der Waals surface area (Å²) in [6, 6.07) is 4.31. The Morgan fingerprint density at radius 1 is 1.24 bits per heavy atom. The van der Waals surface area contributed by atoms with Crippen molar-refractivity contribution in [3.05, 3.63) is 23.4 Å². The summed E-state index contributed by atoms with van der Waals surface area (Å²) in [5, 5.41) is 3.46. The molecule has 0 spiro atoms. The summed E-state index contributed by atoms with van der Waals surface area (Å²) in [5.74, 6) is 1.71. The van der Waals surface area contributed by atoms with Gasteiger partial charge < -0.3 is 10.1 Å². The van der Waals surface area contributed by atoms with Gasteiger partial charge in [0.15, 0.2) is 0 Å². The lowest BCUT2D eigenvalue weighted by Gasteiger charge is -2.24. The van der Waals surface area contributed by atoms with Crippen LogP contribution in [0.1, 0.15) is 63.6 Å². The Hall–Kier alpha value is -1.09. The zero-order valence-electron chi connectivity index (χ0n) is 13.7. The molecule has 1 aliphatic carbocycles. The lowest BCUT2D eigenvalue weighted by molar-refractivity contribution is 0.217. The zero-order valence-corrected chi connectivity index (χ0v) is 13.7. The quantitative estimate of drug-likeness (QED) is 0.659. The molecule has 2 rings (SSSR count). The average molecular weight is 290 g/mol. The Bertz CT molecular complexity index is 416. The number of ether oxygens (including phenoxy) is 1. The molecule has 21 heavy (non-hydrogen) atoms. The van der Waals surface area contributed by atoms with Crippen molar-refractivity contribution in [2.45, 2.75) is 65.3 Å². The molecule has 0 bridgehead atoms. The minimum atomic E-state index is 0.813. The SMILES string of the molecule is CCCNCc1cc(CCC)nc(OCCC2CCC2)c1. The van der Waals surface area contributed by atoms with Gasteiger partial charge in [-0.05, 0) is 43.4 Å². The van der Waals surface area contributed by atoms with Gasteiger partial charge in [-0.25, -0.2) is 4.98 Å². The van der Waals surface area contributed by atoms with Crippen molar-refractivity contribution in [3.63, 3.8) is 0 Å². The molecule has 0 saturated heterocycles. The van der Waals surface area contributed by atoms with Crippen molar-refractivity contribution >= 4 is 0 Å². The predicted octanol–water partition coefficient (Wildman–Crippen LogP) is 4.10. The van der Waals surface area contributed by atoms with E-state index in [9.17, 15) is 0 Å². The van der Waals surface area contributed by atoms with Crippen LogP contribution in [0.25, 0.3) is 0 Å². The van der Waals surface area contributed by atoms with Crippen molar-refractivity contribution in [1.82, 2.24) is 10.3 Å². The minimum absolute atomic E-state index is 0.813. The van der Waals surface area contributed by atoms with Crippen LogP contribution in [-0.4, -0.2) is 18.1 Å². The molecule has 0 unspecified atom stereocenters. The van der Waals surface area contributed by atoms with E-state index >= 15 is 0 Å². The number of aryl methyl sites for hydroxylation is 1. The van der Waals surface area contributed by atoms with Crippen LogP contribution < -0.4 is 10.1 Å². The normalized spacial score (nSPS) is 15.0. The number of nitrogens with zero attached hydrogens (tertiary/aromatic N) is 1. The summed E-state index contributed by atoms with van der Waals surface area (Å²) in [4.78, 5) is 4.64. The second-order valence-corrected chi connectivity index (χ2v) is 6.17. The second-order valence-electron chi connectivity index (χ2n) is 6.17. The van der Waals surface area contributed by atoms with Gasteiger partial charge in [-0.1, -0.05) is 39.5 Å². The molecule has 1 aliphatic rings. The molecule has 1 N–H and O–H groups in total. The van der Waals surface area contributed by atoms with Crippen LogP contribution in [0, 0.1) is 5.92 Å².